The minimum absolute atomic E-state index is 0.0957. The fraction of sp³-hybridized carbons (Fsp3) is 0.222. The molecule has 3 aromatic carbocycles. The van der Waals surface area contributed by atoms with E-state index in [1.807, 2.05) is 12.1 Å². The number of carbonyl (C=O) groups is 2. The topological polar surface area (TPSA) is 80.3 Å². The van der Waals surface area contributed by atoms with Crippen LogP contribution in [0.25, 0.3) is 0 Å². The average Bonchev–Trinajstić information content (AvgIpc) is 3.13. The molecule has 1 aliphatic rings. The van der Waals surface area contributed by atoms with Gasteiger partial charge in [-0.15, -0.1) is 0 Å². The van der Waals surface area contributed by atoms with Crippen LogP contribution < -0.4 is 24.4 Å². The average molecular weight is 540 g/mol. The Balaban J connectivity index is 1.62. The highest BCUT2D eigenvalue weighted by atomic mass is 35.5. The molecule has 4 rings (SSSR count). The van der Waals surface area contributed by atoms with Gasteiger partial charge >= 0.3 is 0 Å². The molecule has 0 aromatic heterocycles. The normalized spacial score (nSPS) is 15.1. The lowest BCUT2D eigenvalue weighted by Crippen LogP contribution is -2.37. The number of hydrogen-bond donors (Lipinski definition) is 1. The minimum atomic E-state index is -0.810. The Kier molecular flexibility index (Phi) is 8.15. The second-order valence-corrected chi connectivity index (χ2v) is 9.05. The summed E-state index contributed by atoms with van der Waals surface area (Å²) in [4.78, 5) is 29.8. The number of anilines is 2. The molecule has 10 heteroatoms. The van der Waals surface area contributed by atoms with Crippen LogP contribution in [-0.4, -0.2) is 49.2 Å². The van der Waals surface area contributed by atoms with Gasteiger partial charge in [0, 0.05) is 17.3 Å². The number of rotatable bonds is 9. The summed E-state index contributed by atoms with van der Waals surface area (Å²) in [5.74, 6) is 1.19. The lowest BCUT2D eigenvalue weighted by Gasteiger charge is -2.24. The molecule has 192 valence electrons. The smallest absolute Gasteiger partial charge is 0.256 e. The van der Waals surface area contributed by atoms with Crippen molar-refractivity contribution in [3.8, 4) is 17.2 Å². The van der Waals surface area contributed by atoms with E-state index >= 15 is 0 Å². The molecule has 1 fully saturated rings. The molecule has 1 atom stereocenters. The zero-order valence-electron chi connectivity index (χ0n) is 20.6. The predicted molar refractivity (Wildman–Crippen MR) is 147 cm³/mol. The molecular weight excluding hydrogens is 514 g/mol. The summed E-state index contributed by atoms with van der Waals surface area (Å²) >= 11 is 11.7. The van der Waals surface area contributed by atoms with Gasteiger partial charge < -0.3 is 24.4 Å². The quantitative estimate of drug-likeness (QED) is 0.387. The van der Waals surface area contributed by atoms with Crippen molar-refractivity contribution >= 4 is 52.1 Å². The highest BCUT2D eigenvalue weighted by Gasteiger charge is 2.44. The van der Waals surface area contributed by atoms with Crippen molar-refractivity contribution in [2.45, 2.75) is 19.0 Å². The number of methoxy groups -OCH3 is 3. The van der Waals surface area contributed by atoms with Gasteiger partial charge in [-0.3, -0.25) is 14.5 Å². The van der Waals surface area contributed by atoms with Crippen LogP contribution in [0, 0.1) is 0 Å². The number of amides is 2. The summed E-state index contributed by atoms with van der Waals surface area (Å²) in [6, 6.07) is 18.5. The Bertz CT molecular complexity index is 1300. The third-order valence-electron chi connectivity index (χ3n) is 5.96. The van der Waals surface area contributed by atoms with Crippen LogP contribution in [0.5, 0.6) is 17.2 Å². The fourth-order valence-electron chi connectivity index (χ4n) is 4.08. The van der Waals surface area contributed by atoms with Crippen LogP contribution in [-0.2, 0) is 16.1 Å². The Morgan fingerprint density at radius 2 is 1.62 bits per heavy atom. The van der Waals surface area contributed by atoms with Gasteiger partial charge in [-0.05, 0) is 78.4 Å². The van der Waals surface area contributed by atoms with E-state index in [4.69, 9.17) is 38.0 Å². The second-order valence-electron chi connectivity index (χ2n) is 8.25. The monoisotopic (exact) mass is 539 g/mol. The van der Waals surface area contributed by atoms with E-state index in [0.29, 0.717) is 38.8 Å². The van der Waals surface area contributed by atoms with Gasteiger partial charge in [0.05, 0.1) is 33.4 Å². The molecule has 1 aliphatic heterocycles. The Morgan fingerprint density at radius 3 is 2.24 bits per heavy atom. The van der Waals surface area contributed by atoms with E-state index in [9.17, 15) is 9.59 Å². The third kappa shape index (κ3) is 5.79. The van der Waals surface area contributed by atoms with Crippen molar-refractivity contribution in [2.24, 2.45) is 0 Å². The largest absolute Gasteiger partial charge is 0.497 e. The Morgan fingerprint density at radius 1 is 0.946 bits per heavy atom. The van der Waals surface area contributed by atoms with Gasteiger partial charge in [0.15, 0.2) is 16.6 Å². The molecular formula is C27H26ClN3O5S. The van der Waals surface area contributed by atoms with Crippen molar-refractivity contribution in [3.05, 3.63) is 77.3 Å². The maximum absolute atomic E-state index is 13.7. The van der Waals surface area contributed by atoms with Gasteiger partial charge in [-0.1, -0.05) is 17.7 Å². The second kappa shape index (κ2) is 11.5. The first-order chi connectivity index (χ1) is 17.8. The summed E-state index contributed by atoms with van der Waals surface area (Å²) in [6.07, 6.45) is -0.0957. The van der Waals surface area contributed by atoms with E-state index < -0.39 is 6.04 Å². The van der Waals surface area contributed by atoms with Crippen molar-refractivity contribution in [3.63, 3.8) is 0 Å². The molecule has 0 radical (unpaired) electrons. The van der Waals surface area contributed by atoms with E-state index in [1.54, 1.807) is 80.8 Å². The highest BCUT2D eigenvalue weighted by Crippen LogP contribution is 2.32. The van der Waals surface area contributed by atoms with Crippen LogP contribution in [0.3, 0.4) is 0 Å². The zero-order chi connectivity index (χ0) is 26.5. The van der Waals surface area contributed by atoms with E-state index in [2.05, 4.69) is 5.32 Å². The Labute approximate surface area is 225 Å². The zero-order valence-corrected chi connectivity index (χ0v) is 22.1. The standard InChI is InChI=1S/C27H26ClN3O5S/c1-34-21-11-9-20(10-12-21)31-26(33)22(15-25(32)29-19-7-5-18(28)6-8-19)30(27(31)37)16-17-4-13-23(35-2)24(14-17)36-3/h4-14,22H,15-16H2,1-3H3,(H,29,32)/t22-/m1/s1. The van der Waals surface area contributed by atoms with Gasteiger partial charge in [0.25, 0.3) is 5.91 Å². The van der Waals surface area contributed by atoms with Crippen molar-refractivity contribution in [2.75, 3.05) is 31.5 Å². The molecule has 1 saturated heterocycles. The SMILES string of the molecule is COc1ccc(N2C(=O)[C@@H](CC(=O)Nc3ccc(Cl)cc3)N(Cc3ccc(OC)c(OC)c3)C2=S)cc1. The molecule has 0 spiro atoms. The summed E-state index contributed by atoms with van der Waals surface area (Å²) < 4.78 is 16.0. The summed E-state index contributed by atoms with van der Waals surface area (Å²) in [5, 5.41) is 3.69. The predicted octanol–water partition coefficient (Wildman–Crippen LogP) is 4.90. The highest BCUT2D eigenvalue weighted by molar-refractivity contribution is 7.80. The van der Waals surface area contributed by atoms with Gasteiger partial charge in [-0.2, -0.15) is 0 Å². The minimum Gasteiger partial charge on any atom is -0.497 e. The van der Waals surface area contributed by atoms with Crippen molar-refractivity contribution in [1.29, 1.82) is 0 Å². The fourth-order valence-corrected chi connectivity index (χ4v) is 4.59. The third-order valence-corrected chi connectivity index (χ3v) is 6.63. The Hall–Kier alpha value is -3.82. The summed E-state index contributed by atoms with van der Waals surface area (Å²) in [6.45, 7) is 0.288. The van der Waals surface area contributed by atoms with Gasteiger partial charge in [0.1, 0.15) is 11.8 Å². The molecule has 37 heavy (non-hydrogen) atoms. The molecule has 1 N–H and O–H groups in total. The van der Waals surface area contributed by atoms with E-state index in [1.165, 1.54) is 4.90 Å². The van der Waals surface area contributed by atoms with Crippen LogP contribution >= 0.6 is 23.8 Å². The molecule has 1 heterocycles. The molecule has 8 nitrogen and oxygen atoms in total. The maximum atomic E-state index is 13.7. The summed E-state index contributed by atoms with van der Waals surface area (Å²) in [7, 11) is 4.69. The molecule has 0 saturated carbocycles. The molecule has 2 amide bonds. The summed E-state index contributed by atoms with van der Waals surface area (Å²) in [5.41, 5.74) is 2.02. The van der Waals surface area contributed by atoms with Crippen LogP contribution in [0.15, 0.2) is 66.7 Å². The van der Waals surface area contributed by atoms with Gasteiger partial charge in [-0.25, -0.2) is 0 Å². The molecule has 0 unspecified atom stereocenters. The number of benzene rings is 3. The number of nitrogens with one attached hydrogen (secondary N) is 1. The number of carbonyl (C=O) groups excluding carboxylic acids is 2. The van der Waals surface area contributed by atoms with Crippen LogP contribution in [0.2, 0.25) is 5.02 Å². The lowest BCUT2D eigenvalue weighted by atomic mass is 10.1. The first-order valence-corrected chi connectivity index (χ1v) is 12.2. The van der Waals surface area contributed by atoms with Crippen LogP contribution in [0.4, 0.5) is 11.4 Å². The van der Waals surface area contributed by atoms with Crippen LogP contribution in [0.1, 0.15) is 12.0 Å². The lowest BCUT2D eigenvalue weighted by molar-refractivity contribution is -0.124. The van der Waals surface area contributed by atoms with E-state index in [0.717, 1.165) is 5.56 Å². The van der Waals surface area contributed by atoms with Crippen molar-refractivity contribution < 1.29 is 23.8 Å². The number of halogens is 1. The molecule has 0 bridgehead atoms. The van der Waals surface area contributed by atoms with Gasteiger partial charge in [0.2, 0.25) is 5.91 Å². The number of hydrogen-bond acceptors (Lipinski definition) is 6. The number of ether oxygens (including phenoxy) is 3. The molecule has 0 aliphatic carbocycles. The number of thiocarbonyl (C=S) groups is 1. The van der Waals surface area contributed by atoms with Crippen molar-refractivity contribution in [1.82, 2.24) is 4.90 Å². The first kappa shape index (κ1) is 26.2. The maximum Gasteiger partial charge on any atom is 0.256 e. The first-order valence-electron chi connectivity index (χ1n) is 11.4. The molecule has 3 aromatic rings. The number of nitrogens with zero attached hydrogens (tertiary/aromatic N) is 2. The van der Waals surface area contributed by atoms with E-state index in [-0.39, 0.29) is 24.8 Å².